The molecule has 140 valence electrons. The molecule has 0 bridgehead atoms. The highest BCUT2D eigenvalue weighted by Gasteiger charge is 2.56. The molecule has 0 aliphatic rings. The second-order valence-corrected chi connectivity index (χ2v) is 7.20. The first-order chi connectivity index (χ1) is 11.8. The van der Waals surface area contributed by atoms with Gasteiger partial charge in [0.05, 0.1) is 10.8 Å². The van der Waals surface area contributed by atoms with Gasteiger partial charge in [-0.05, 0) is 31.7 Å². The topological polar surface area (TPSA) is 74.6 Å². The molecule has 2 atom stereocenters. The minimum Gasteiger partial charge on any atom is -0.481 e. The van der Waals surface area contributed by atoms with Gasteiger partial charge in [-0.3, -0.25) is 9.59 Å². The largest absolute Gasteiger partial charge is 0.481 e. The molecule has 4 nitrogen and oxygen atoms in total. The second kappa shape index (κ2) is 9.59. The number of carboxylic acid groups (broad SMARTS) is 2. The van der Waals surface area contributed by atoms with Crippen LogP contribution in [0.2, 0.25) is 0 Å². The van der Waals surface area contributed by atoms with Gasteiger partial charge in [0.25, 0.3) is 0 Å². The van der Waals surface area contributed by atoms with Crippen molar-refractivity contribution < 1.29 is 19.8 Å². The first-order valence-corrected chi connectivity index (χ1v) is 9.34. The fourth-order valence-corrected chi connectivity index (χ4v) is 3.82. The fourth-order valence-electron chi connectivity index (χ4n) is 3.82. The van der Waals surface area contributed by atoms with E-state index in [0.717, 1.165) is 37.7 Å². The number of carboxylic acids is 2. The Balaban J connectivity index is 3.12. The lowest BCUT2D eigenvalue weighted by molar-refractivity contribution is -0.174. The van der Waals surface area contributed by atoms with Gasteiger partial charge in [0.2, 0.25) is 0 Å². The average molecular weight is 348 g/mol. The predicted molar refractivity (Wildman–Crippen MR) is 99.6 cm³/mol. The van der Waals surface area contributed by atoms with Crippen LogP contribution >= 0.6 is 0 Å². The maximum Gasteiger partial charge on any atom is 0.310 e. The van der Waals surface area contributed by atoms with Crippen molar-refractivity contribution in [3.8, 4) is 0 Å². The van der Waals surface area contributed by atoms with Gasteiger partial charge in [-0.1, -0.05) is 76.3 Å². The van der Waals surface area contributed by atoms with Crippen LogP contribution in [0.3, 0.4) is 0 Å². The van der Waals surface area contributed by atoms with Crippen molar-refractivity contribution in [1.29, 1.82) is 0 Å². The molecule has 0 heterocycles. The van der Waals surface area contributed by atoms with Crippen LogP contribution in [0, 0.1) is 10.8 Å². The molecule has 0 radical (unpaired) electrons. The van der Waals surface area contributed by atoms with Crippen molar-refractivity contribution >= 4 is 11.9 Å². The SMILES string of the molecule is CCCCCCCC(CC)(C(=O)O)C(C)(Cc1ccccc1)C(=O)O. The van der Waals surface area contributed by atoms with Gasteiger partial charge in [-0.25, -0.2) is 0 Å². The Kier molecular flexibility index (Phi) is 8.14. The maximum atomic E-state index is 12.3. The van der Waals surface area contributed by atoms with Crippen molar-refractivity contribution in [2.75, 3.05) is 0 Å². The van der Waals surface area contributed by atoms with Crippen LogP contribution < -0.4 is 0 Å². The van der Waals surface area contributed by atoms with E-state index in [1.165, 1.54) is 0 Å². The van der Waals surface area contributed by atoms with Crippen molar-refractivity contribution in [3.63, 3.8) is 0 Å². The molecule has 0 aromatic heterocycles. The van der Waals surface area contributed by atoms with Crippen LogP contribution in [0.1, 0.15) is 71.3 Å². The standard InChI is InChI=1S/C21H32O4/c1-4-6-7-8-12-15-21(5-2,19(24)25)20(3,18(22)23)16-17-13-10-9-11-14-17/h9-11,13-14H,4-8,12,15-16H2,1-3H3,(H,22,23)(H,24,25). The monoisotopic (exact) mass is 348 g/mol. The summed E-state index contributed by atoms with van der Waals surface area (Å²) in [4.78, 5) is 24.5. The van der Waals surface area contributed by atoms with E-state index in [2.05, 4.69) is 6.92 Å². The molecular formula is C21H32O4. The number of unbranched alkanes of at least 4 members (excludes halogenated alkanes) is 4. The van der Waals surface area contributed by atoms with E-state index in [4.69, 9.17) is 0 Å². The maximum absolute atomic E-state index is 12.3. The van der Waals surface area contributed by atoms with Gasteiger partial charge < -0.3 is 10.2 Å². The summed E-state index contributed by atoms with van der Waals surface area (Å²) >= 11 is 0. The highest BCUT2D eigenvalue weighted by molar-refractivity contribution is 5.86. The Morgan fingerprint density at radius 1 is 0.920 bits per heavy atom. The summed E-state index contributed by atoms with van der Waals surface area (Å²) in [7, 11) is 0. The third kappa shape index (κ3) is 4.83. The van der Waals surface area contributed by atoms with Crippen LogP contribution in [0.15, 0.2) is 30.3 Å². The van der Waals surface area contributed by atoms with Crippen molar-refractivity contribution in [1.82, 2.24) is 0 Å². The fraction of sp³-hybridized carbons (Fsp3) is 0.619. The van der Waals surface area contributed by atoms with Gasteiger partial charge in [-0.15, -0.1) is 0 Å². The van der Waals surface area contributed by atoms with Crippen LogP contribution in [0.25, 0.3) is 0 Å². The summed E-state index contributed by atoms with van der Waals surface area (Å²) in [5.74, 6) is -2.03. The van der Waals surface area contributed by atoms with E-state index >= 15 is 0 Å². The van der Waals surface area contributed by atoms with Crippen molar-refractivity contribution in [2.45, 2.75) is 72.1 Å². The summed E-state index contributed by atoms with van der Waals surface area (Å²) in [6, 6.07) is 9.32. The molecular weight excluding hydrogens is 316 g/mol. The lowest BCUT2D eigenvalue weighted by atomic mass is 9.58. The first kappa shape index (κ1) is 21.2. The zero-order valence-electron chi connectivity index (χ0n) is 15.8. The molecule has 0 spiro atoms. The normalized spacial score (nSPS) is 16.0. The quantitative estimate of drug-likeness (QED) is 0.512. The highest BCUT2D eigenvalue weighted by Crippen LogP contribution is 2.49. The zero-order valence-corrected chi connectivity index (χ0v) is 15.8. The minimum absolute atomic E-state index is 0.221. The predicted octanol–water partition coefficient (Wildman–Crippen LogP) is 5.16. The van der Waals surface area contributed by atoms with Crippen LogP contribution in [-0.4, -0.2) is 22.2 Å². The molecule has 1 aromatic rings. The lowest BCUT2D eigenvalue weighted by Crippen LogP contribution is -2.52. The second-order valence-electron chi connectivity index (χ2n) is 7.20. The highest BCUT2D eigenvalue weighted by atomic mass is 16.4. The van der Waals surface area contributed by atoms with Gasteiger partial charge >= 0.3 is 11.9 Å². The Morgan fingerprint density at radius 2 is 1.52 bits per heavy atom. The number of carbonyl (C=O) groups is 2. The number of aliphatic carboxylic acids is 2. The molecule has 2 unspecified atom stereocenters. The molecule has 2 N–H and O–H groups in total. The molecule has 0 aliphatic heterocycles. The van der Waals surface area contributed by atoms with E-state index in [-0.39, 0.29) is 6.42 Å². The molecule has 0 amide bonds. The van der Waals surface area contributed by atoms with E-state index in [9.17, 15) is 19.8 Å². The first-order valence-electron chi connectivity index (χ1n) is 9.34. The third-order valence-corrected chi connectivity index (χ3v) is 5.65. The smallest absolute Gasteiger partial charge is 0.310 e. The minimum atomic E-state index is -1.35. The van der Waals surface area contributed by atoms with E-state index < -0.39 is 22.8 Å². The van der Waals surface area contributed by atoms with Gasteiger partial charge in [0.1, 0.15) is 0 Å². The molecule has 0 aliphatic carbocycles. The summed E-state index contributed by atoms with van der Waals surface area (Å²) in [6.07, 6.45) is 5.95. The number of hydrogen-bond donors (Lipinski definition) is 2. The molecule has 0 saturated carbocycles. The number of hydrogen-bond acceptors (Lipinski definition) is 2. The van der Waals surface area contributed by atoms with Gasteiger partial charge in [0, 0.05) is 0 Å². The van der Waals surface area contributed by atoms with Crippen molar-refractivity contribution in [3.05, 3.63) is 35.9 Å². The zero-order chi connectivity index (χ0) is 18.9. The molecule has 4 heteroatoms. The molecule has 1 aromatic carbocycles. The Bertz CT molecular complexity index is 554. The number of benzene rings is 1. The molecule has 0 fully saturated rings. The molecule has 0 saturated heterocycles. The Morgan fingerprint density at radius 3 is 2.00 bits per heavy atom. The van der Waals surface area contributed by atoms with E-state index in [1.807, 2.05) is 30.3 Å². The van der Waals surface area contributed by atoms with Crippen LogP contribution in [0.4, 0.5) is 0 Å². The molecule has 25 heavy (non-hydrogen) atoms. The number of rotatable bonds is 12. The summed E-state index contributed by atoms with van der Waals surface area (Å²) < 4.78 is 0. The van der Waals surface area contributed by atoms with Gasteiger partial charge in [-0.2, -0.15) is 0 Å². The summed E-state index contributed by atoms with van der Waals surface area (Å²) in [5.41, 5.74) is -1.75. The van der Waals surface area contributed by atoms with Crippen LogP contribution in [-0.2, 0) is 16.0 Å². The van der Waals surface area contributed by atoms with E-state index in [1.54, 1.807) is 13.8 Å². The van der Waals surface area contributed by atoms with E-state index in [0.29, 0.717) is 12.8 Å². The Labute approximate surface area is 151 Å². The third-order valence-electron chi connectivity index (χ3n) is 5.65. The lowest BCUT2D eigenvalue weighted by Gasteiger charge is -2.43. The summed E-state index contributed by atoms with van der Waals surface area (Å²) in [5, 5.41) is 20.0. The molecule has 1 rings (SSSR count). The average Bonchev–Trinajstić information content (AvgIpc) is 2.58. The van der Waals surface area contributed by atoms with Crippen LogP contribution in [0.5, 0.6) is 0 Å². The van der Waals surface area contributed by atoms with Gasteiger partial charge in [0.15, 0.2) is 0 Å². The van der Waals surface area contributed by atoms with Crippen molar-refractivity contribution in [2.24, 2.45) is 10.8 Å². The summed E-state index contributed by atoms with van der Waals surface area (Å²) in [6.45, 7) is 5.54. The Hall–Kier alpha value is -1.84.